The molecule has 26 heavy (non-hydrogen) atoms. The van der Waals surface area contributed by atoms with E-state index in [0.29, 0.717) is 12.4 Å². The van der Waals surface area contributed by atoms with E-state index < -0.39 is 5.97 Å². The van der Waals surface area contributed by atoms with Gasteiger partial charge in [-0.3, -0.25) is 0 Å². The van der Waals surface area contributed by atoms with Gasteiger partial charge in [0.15, 0.2) is 0 Å². The number of aryl methyl sites for hydroxylation is 1. The van der Waals surface area contributed by atoms with Crippen LogP contribution in [0.4, 0.5) is 0 Å². The van der Waals surface area contributed by atoms with Crippen molar-refractivity contribution in [3.05, 3.63) is 70.9 Å². The molecule has 4 nitrogen and oxygen atoms in total. The number of carbonyl (C=O) groups is 1. The van der Waals surface area contributed by atoms with Gasteiger partial charge in [0.05, 0.1) is 6.61 Å². The van der Waals surface area contributed by atoms with E-state index in [1.54, 1.807) is 24.3 Å². The maximum Gasteiger partial charge on any atom is 0.374 e. The van der Waals surface area contributed by atoms with Crippen molar-refractivity contribution >= 4 is 39.2 Å². The lowest BCUT2D eigenvalue weighted by atomic mass is 10.0. The molecule has 130 valence electrons. The maximum atomic E-state index is 12.2. The largest absolute Gasteiger partial charge is 0.460 e. The minimum absolute atomic E-state index is 0.209. The van der Waals surface area contributed by atoms with Gasteiger partial charge >= 0.3 is 5.97 Å². The van der Waals surface area contributed by atoms with Gasteiger partial charge in [-0.2, -0.15) is 4.57 Å². The fourth-order valence-electron chi connectivity index (χ4n) is 2.96. The van der Waals surface area contributed by atoms with Crippen molar-refractivity contribution in [2.24, 2.45) is 7.05 Å². The molecule has 4 rings (SSSR count). The topological polar surface area (TPSA) is 39.4 Å². The Bertz CT molecular complexity index is 1060. The molecule has 1 aliphatic rings. The molecular weight excluding hydrogens is 346 g/mol. The number of hydrogen-bond donors (Lipinski definition) is 0. The summed E-state index contributed by atoms with van der Waals surface area (Å²) in [6.45, 7) is 2.09. The van der Waals surface area contributed by atoms with Gasteiger partial charge in [-0.25, -0.2) is 4.79 Å². The third kappa shape index (κ3) is 2.91. The van der Waals surface area contributed by atoms with Crippen molar-refractivity contribution in [1.29, 1.82) is 0 Å². The second kappa shape index (κ2) is 6.77. The highest BCUT2D eigenvalue weighted by molar-refractivity contribution is 7.18. The maximum absolute atomic E-state index is 12.2. The molecule has 0 amide bonds. The van der Waals surface area contributed by atoms with Crippen molar-refractivity contribution < 1.29 is 18.8 Å². The number of rotatable bonds is 3. The number of esters is 1. The van der Waals surface area contributed by atoms with Crippen LogP contribution in [0, 0.1) is 0 Å². The molecule has 5 heteroatoms. The third-order valence-electron chi connectivity index (χ3n) is 4.23. The number of ether oxygens (including phenoxy) is 2. The fraction of sp³-hybridized carbons (Fsp3) is 0.143. The highest BCUT2D eigenvalue weighted by atomic mass is 32.1. The van der Waals surface area contributed by atoms with E-state index in [2.05, 4.69) is 22.8 Å². The fourth-order valence-corrected chi connectivity index (χ4v) is 4.07. The second-order valence-corrected chi connectivity index (χ2v) is 6.96. The summed E-state index contributed by atoms with van der Waals surface area (Å²) in [6.07, 6.45) is 3.84. The standard InChI is InChI=1S/C21H18NO3S/c1-3-24-21(23)18-12-14(15-8-4-6-10-17(15)25-18)13-20-22(2)16-9-5-7-11-19(16)26-20/h4-13H,3H2,1-2H3/q+1. The quantitative estimate of drug-likeness (QED) is 0.519. The third-order valence-corrected chi connectivity index (χ3v) is 5.40. The molecule has 2 aromatic carbocycles. The first-order valence-corrected chi connectivity index (χ1v) is 9.24. The first-order chi connectivity index (χ1) is 12.7. The molecule has 0 N–H and O–H groups in total. The van der Waals surface area contributed by atoms with Gasteiger partial charge in [0, 0.05) is 17.7 Å². The summed E-state index contributed by atoms with van der Waals surface area (Å²) in [5, 5.41) is 1.09. The number of aromatic nitrogens is 1. The predicted molar refractivity (Wildman–Crippen MR) is 103 cm³/mol. The number of thiazole rings is 1. The number of para-hydroxylation sites is 2. The predicted octanol–water partition coefficient (Wildman–Crippen LogP) is 4.11. The van der Waals surface area contributed by atoms with E-state index in [-0.39, 0.29) is 5.76 Å². The zero-order valence-corrected chi connectivity index (χ0v) is 15.4. The molecule has 1 aromatic heterocycles. The van der Waals surface area contributed by atoms with Crippen LogP contribution in [-0.4, -0.2) is 12.6 Å². The zero-order valence-electron chi connectivity index (χ0n) is 14.6. The number of nitrogens with zero attached hydrogens (tertiary/aromatic N) is 1. The van der Waals surface area contributed by atoms with E-state index in [0.717, 1.165) is 16.1 Å². The number of benzene rings is 2. The Hall–Kier alpha value is -2.92. The Morgan fingerprint density at radius 2 is 1.96 bits per heavy atom. The molecule has 0 bridgehead atoms. The molecule has 0 saturated carbocycles. The van der Waals surface area contributed by atoms with Gasteiger partial charge < -0.3 is 9.47 Å². The van der Waals surface area contributed by atoms with E-state index in [1.165, 1.54) is 10.2 Å². The summed E-state index contributed by atoms with van der Waals surface area (Å²) < 4.78 is 14.2. The monoisotopic (exact) mass is 364 g/mol. The van der Waals surface area contributed by atoms with Crippen LogP contribution in [0.25, 0.3) is 21.9 Å². The van der Waals surface area contributed by atoms with Crippen LogP contribution in [0.2, 0.25) is 0 Å². The van der Waals surface area contributed by atoms with Crippen molar-refractivity contribution in [3.63, 3.8) is 0 Å². The molecular formula is C21H18NO3S+. The van der Waals surface area contributed by atoms with Crippen LogP contribution in [-0.2, 0) is 16.6 Å². The molecule has 1 aliphatic heterocycles. The Morgan fingerprint density at radius 3 is 2.77 bits per heavy atom. The molecule has 0 aliphatic carbocycles. The molecule has 0 radical (unpaired) electrons. The van der Waals surface area contributed by atoms with E-state index in [1.807, 2.05) is 43.4 Å². The lowest BCUT2D eigenvalue weighted by Crippen LogP contribution is -2.29. The average Bonchev–Trinajstić information content (AvgIpc) is 2.98. The normalized spacial score (nSPS) is 14.7. The Kier molecular flexibility index (Phi) is 4.31. The Balaban J connectivity index is 1.85. The van der Waals surface area contributed by atoms with Crippen molar-refractivity contribution in [3.8, 4) is 5.75 Å². The van der Waals surface area contributed by atoms with Gasteiger partial charge in [-0.1, -0.05) is 41.7 Å². The lowest BCUT2D eigenvalue weighted by molar-refractivity contribution is -0.642. The molecule has 0 atom stereocenters. The lowest BCUT2D eigenvalue weighted by Gasteiger charge is -2.18. The number of allylic oxidation sites excluding steroid dienone is 2. The average molecular weight is 364 g/mol. The summed E-state index contributed by atoms with van der Waals surface area (Å²) in [4.78, 5) is 12.2. The van der Waals surface area contributed by atoms with E-state index >= 15 is 0 Å². The highest BCUT2D eigenvalue weighted by Gasteiger charge is 2.24. The summed E-state index contributed by atoms with van der Waals surface area (Å²) in [6, 6.07) is 16.0. The number of hydrogen-bond acceptors (Lipinski definition) is 4. The van der Waals surface area contributed by atoms with E-state index in [4.69, 9.17) is 9.47 Å². The van der Waals surface area contributed by atoms with Crippen LogP contribution < -0.4 is 9.30 Å². The molecule has 0 saturated heterocycles. The Morgan fingerprint density at radius 1 is 1.19 bits per heavy atom. The van der Waals surface area contributed by atoms with Crippen molar-refractivity contribution in [2.45, 2.75) is 6.92 Å². The highest BCUT2D eigenvalue weighted by Crippen LogP contribution is 2.35. The van der Waals surface area contributed by atoms with Crippen LogP contribution in [0.15, 0.2) is 60.4 Å². The SMILES string of the molecule is CCOC(=O)C1=CC(=Cc2sc3ccccc3[n+]2C)c2ccccc2O1. The van der Waals surface area contributed by atoms with Crippen LogP contribution in [0.1, 0.15) is 17.5 Å². The van der Waals surface area contributed by atoms with Crippen LogP contribution in [0.5, 0.6) is 5.75 Å². The minimum atomic E-state index is -0.450. The van der Waals surface area contributed by atoms with Crippen LogP contribution >= 0.6 is 11.3 Å². The molecule has 2 heterocycles. The zero-order chi connectivity index (χ0) is 18.1. The summed E-state index contributed by atoms with van der Waals surface area (Å²) in [7, 11) is 2.05. The molecule has 0 unspecified atom stereocenters. The van der Waals surface area contributed by atoms with Crippen molar-refractivity contribution in [2.75, 3.05) is 6.61 Å². The summed E-state index contributed by atoms with van der Waals surface area (Å²) in [5.41, 5.74) is 3.06. The van der Waals surface area contributed by atoms with Crippen molar-refractivity contribution in [1.82, 2.24) is 0 Å². The van der Waals surface area contributed by atoms with Gasteiger partial charge in [-0.05, 0) is 30.7 Å². The molecule has 3 aromatic rings. The second-order valence-electron chi connectivity index (χ2n) is 5.89. The van der Waals surface area contributed by atoms with Gasteiger partial charge in [0.1, 0.15) is 17.5 Å². The first-order valence-electron chi connectivity index (χ1n) is 8.42. The number of carbonyl (C=O) groups excluding carboxylic acids is 1. The van der Waals surface area contributed by atoms with Gasteiger partial charge in [0.2, 0.25) is 11.3 Å². The summed E-state index contributed by atoms with van der Waals surface area (Å²) >= 11 is 1.71. The Labute approximate surface area is 155 Å². The number of fused-ring (bicyclic) bond motifs is 2. The minimum Gasteiger partial charge on any atom is -0.460 e. The summed E-state index contributed by atoms with van der Waals surface area (Å²) in [5.74, 6) is 0.419. The molecule has 0 fully saturated rings. The smallest absolute Gasteiger partial charge is 0.374 e. The van der Waals surface area contributed by atoms with Gasteiger partial charge in [0.25, 0.3) is 5.01 Å². The van der Waals surface area contributed by atoms with Gasteiger partial charge in [-0.15, -0.1) is 0 Å². The van der Waals surface area contributed by atoms with E-state index in [9.17, 15) is 4.79 Å². The van der Waals surface area contributed by atoms with Crippen LogP contribution in [0.3, 0.4) is 0 Å². The first kappa shape index (κ1) is 16.5. The molecule has 0 spiro atoms.